The third-order valence-corrected chi connectivity index (χ3v) is 4.78. The highest BCUT2D eigenvalue weighted by Crippen LogP contribution is 2.26. The van der Waals surface area contributed by atoms with Crippen molar-refractivity contribution in [3.63, 3.8) is 0 Å². The van der Waals surface area contributed by atoms with Gasteiger partial charge in [-0.25, -0.2) is 0 Å². The largest absolute Gasteiger partial charge is 0.313 e. The quantitative estimate of drug-likeness (QED) is 0.763. The topological polar surface area (TPSA) is 12.0 Å². The van der Waals surface area contributed by atoms with Gasteiger partial charge in [0.15, 0.2) is 0 Å². The predicted octanol–water partition coefficient (Wildman–Crippen LogP) is 2.47. The van der Waals surface area contributed by atoms with E-state index in [-0.39, 0.29) is 0 Å². The van der Waals surface area contributed by atoms with Gasteiger partial charge in [-0.1, -0.05) is 13.8 Å². The van der Waals surface area contributed by atoms with E-state index >= 15 is 0 Å². The monoisotopic (exact) mass is 219 g/mol. The fraction of sp³-hybridized carbons (Fsp3) is 1.00. The molecule has 78 valence electrons. The summed E-state index contributed by atoms with van der Waals surface area (Å²) in [6.45, 7) is 5.86. The van der Waals surface area contributed by atoms with Crippen LogP contribution in [-0.2, 0) is 0 Å². The number of rotatable bonds is 5. The van der Waals surface area contributed by atoms with Crippen molar-refractivity contribution in [2.75, 3.05) is 24.3 Å². The molecule has 1 N–H and O–H groups in total. The third kappa shape index (κ3) is 4.13. The fourth-order valence-corrected chi connectivity index (χ4v) is 3.61. The Morgan fingerprint density at radius 3 is 2.92 bits per heavy atom. The van der Waals surface area contributed by atoms with Gasteiger partial charge in [0, 0.05) is 11.3 Å². The highest BCUT2D eigenvalue weighted by molar-refractivity contribution is 8.00. The Kier molecular flexibility index (Phi) is 5.60. The van der Waals surface area contributed by atoms with Crippen LogP contribution in [0.3, 0.4) is 0 Å². The van der Waals surface area contributed by atoms with Crippen LogP contribution >= 0.6 is 23.5 Å². The van der Waals surface area contributed by atoms with Gasteiger partial charge in [-0.2, -0.15) is 23.5 Å². The zero-order valence-corrected chi connectivity index (χ0v) is 10.5. The smallest absolute Gasteiger partial charge is 0.0191 e. The average Bonchev–Trinajstić information content (AvgIpc) is 2.48. The molecule has 3 atom stereocenters. The maximum absolute atomic E-state index is 3.68. The van der Waals surface area contributed by atoms with E-state index in [1.54, 1.807) is 0 Å². The molecule has 13 heavy (non-hydrogen) atoms. The van der Waals surface area contributed by atoms with Crippen molar-refractivity contribution in [2.24, 2.45) is 5.92 Å². The minimum absolute atomic E-state index is 0.773. The maximum Gasteiger partial charge on any atom is 0.0191 e. The van der Waals surface area contributed by atoms with Gasteiger partial charge in [0.2, 0.25) is 0 Å². The molecule has 0 aliphatic carbocycles. The molecular formula is C10H21NS2. The summed E-state index contributed by atoms with van der Waals surface area (Å²) in [5.74, 6) is 3.43. The molecule has 1 heterocycles. The molecule has 3 unspecified atom stereocenters. The van der Waals surface area contributed by atoms with E-state index in [9.17, 15) is 0 Å². The SMILES string of the molecule is CSCC(C)CNC1CCSC1C. The van der Waals surface area contributed by atoms with E-state index in [4.69, 9.17) is 0 Å². The number of nitrogens with one attached hydrogen (secondary N) is 1. The first-order valence-electron chi connectivity index (χ1n) is 5.08. The second kappa shape index (κ2) is 6.20. The first kappa shape index (κ1) is 11.7. The zero-order chi connectivity index (χ0) is 9.68. The Morgan fingerprint density at radius 2 is 2.38 bits per heavy atom. The minimum Gasteiger partial charge on any atom is -0.313 e. The lowest BCUT2D eigenvalue weighted by Gasteiger charge is -2.19. The van der Waals surface area contributed by atoms with E-state index in [2.05, 4.69) is 37.2 Å². The molecule has 0 aromatic rings. The van der Waals surface area contributed by atoms with Gasteiger partial charge >= 0.3 is 0 Å². The number of hydrogen-bond acceptors (Lipinski definition) is 3. The highest BCUT2D eigenvalue weighted by atomic mass is 32.2. The second-order valence-corrected chi connectivity index (χ2v) is 6.34. The lowest BCUT2D eigenvalue weighted by atomic mass is 10.1. The zero-order valence-electron chi connectivity index (χ0n) is 8.88. The van der Waals surface area contributed by atoms with Gasteiger partial charge in [-0.15, -0.1) is 0 Å². The molecule has 0 radical (unpaired) electrons. The molecule has 1 aliphatic rings. The fourth-order valence-electron chi connectivity index (χ4n) is 1.70. The van der Waals surface area contributed by atoms with Crippen LogP contribution in [0.15, 0.2) is 0 Å². The standard InChI is InChI=1S/C10H21NS2/c1-8(7-12-3)6-11-10-4-5-13-9(10)2/h8-11H,4-7H2,1-3H3. The molecule has 0 saturated carbocycles. The van der Waals surface area contributed by atoms with Gasteiger partial charge in [0.1, 0.15) is 0 Å². The summed E-state index contributed by atoms with van der Waals surface area (Å²) < 4.78 is 0. The van der Waals surface area contributed by atoms with Gasteiger partial charge in [0.05, 0.1) is 0 Å². The minimum atomic E-state index is 0.773. The average molecular weight is 219 g/mol. The van der Waals surface area contributed by atoms with E-state index in [1.807, 2.05) is 11.8 Å². The summed E-state index contributed by atoms with van der Waals surface area (Å²) in [6.07, 6.45) is 3.54. The maximum atomic E-state index is 3.68. The van der Waals surface area contributed by atoms with Crippen molar-refractivity contribution in [2.45, 2.75) is 31.6 Å². The Bertz CT molecular complexity index is 141. The van der Waals surface area contributed by atoms with Gasteiger partial charge in [-0.3, -0.25) is 0 Å². The Balaban J connectivity index is 2.10. The van der Waals surface area contributed by atoms with E-state index in [1.165, 1.54) is 24.5 Å². The molecule has 0 aromatic carbocycles. The van der Waals surface area contributed by atoms with Crippen LogP contribution in [0.1, 0.15) is 20.3 Å². The number of hydrogen-bond donors (Lipinski definition) is 1. The Hall–Kier alpha value is 0.660. The molecule has 1 nitrogen and oxygen atoms in total. The van der Waals surface area contributed by atoms with Crippen molar-refractivity contribution in [1.82, 2.24) is 5.32 Å². The van der Waals surface area contributed by atoms with Crippen LogP contribution in [0.4, 0.5) is 0 Å². The normalized spacial score (nSPS) is 30.7. The molecule has 0 spiro atoms. The first-order valence-corrected chi connectivity index (χ1v) is 7.52. The van der Waals surface area contributed by atoms with Crippen molar-refractivity contribution < 1.29 is 0 Å². The summed E-state index contributed by atoms with van der Waals surface area (Å²) in [5.41, 5.74) is 0. The van der Waals surface area contributed by atoms with Crippen LogP contribution in [0.25, 0.3) is 0 Å². The lowest BCUT2D eigenvalue weighted by Crippen LogP contribution is -2.36. The van der Waals surface area contributed by atoms with Gasteiger partial charge in [-0.05, 0) is 36.6 Å². The van der Waals surface area contributed by atoms with Crippen LogP contribution < -0.4 is 5.32 Å². The molecule has 3 heteroatoms. The molecule has 0 amide bonds. The van der Waals surface area contributed by atoms with E-state index in [0.717, 1.165) is 17.2 Å². The summed E-state index contributed by atoms with van der Waals surface area (Å²) in [7, 11) is 0. The first-order chi connectivity index (χ1) is 6.24. The Labute approximate surface area is 90.8 Å². The molecule has 0 aromatic heterocycles. The molecule has 1 saturated heterocycles. The summed E-state index contributed by atoms with van der Waals surface area (Å²) in [5, 5.41) is 4.50. The molecular weight excluding hydrogens is 198 g/mol. The predicted molar refractivity (Wildman–Crippen MR) is 65.9 cm³/mol. The molecule has 1 rings (SSSR count). The van der Waals surface area contributed by atoms with Crippen molar-refractivity contribution in [3.05, 3.63) is 0 Å². The number of thioether (sulfide) groups is 2. The molecule has 1 fully saturated rings. The highest BCUT2D eigenvalue weighted by Gasteiger charge is 2.23. The summed E-state index contributed by atoms with van der Waals surface area (Å²) in [6, 6.07) is 0.773. The van der Waals surface area contributed by atoms with Crippen molar-refractivity contribution >= 4 is 23.5 Å². The van der Waals surface area contributed by atoms with Crippen LogP contribution in [-0.4, -0.2) is 35.6 Å². The van der Waals surface area contributed by atoms with Crippen molar-refractivity contribution in [1.29, 1.82) is 0 Å². The Morgan fingerprint density at radius 1 is 1.62 bits per heavy atom. The molecule has 1 aliphatic heterocycles. The van der Waals surface area contributed by atoms with E-state index in [0.29, 0.717) is 0 Å². The molecule has 0 bridgehead atoms. The second-order valence-electron chi connectivity index (χ2n) is 3.94. The van der Waals surface area contributed by atoms with Crippen LogP contribution in [0.2, 0.25) is 0 Å². The van der Waals surface area contributed by atoms with Gasteiger partial charge < -0.3 is 5.32 Å². The van der Waals surface area contributed by atoms with Gasteiger partial charge in [0.25, 0.3) is 0 Å². The van der Waals surface area contributed by atoms with Crippen molar-refractivity contribution in [3.8, 4) is 0 Å². The van der Waals surface area contributed by atoms with Crippen LogP contribution in [0.5, 0.6) is 0 Å². The summed E-state index contributed by atoms with van der Waals surface area (Å²) in [4.78, 5) is 0. The summed E-state index contributed by atoms with van der Waals surface area (Å²) >= 11 is 4.05. The van der Waals surface area contributed by atoms with Crippen LogP contribution in [0, 0.1) is 5.92 Å². The van der Waals surface area contributed by atoms with E-state index < -0.39 is 0 Å². The lowest BCUT2D eigenvalue weighted by molar-refractivity contribution is 0.465. The third-order valence-electron chi connectivity index (χ3n) is 2.56.